The maximum Gasteiger partial charge on any atom is 0.412 e. The molecule has 1 fully saturated rings. The van der Waals surface area contributed by atoms with Gasteiger partial charge in [0.2, 0.25) is 0 Å². The van der Waals surface area contributed by atoms with Crippen LogP contribution in [-0.4, -0.2) is 54.5 Å². The average molecular weight is 526 g/mol. The minimum Gasteiger partial charge on any atom is -0.453 e. The van der Waals surface area contributed by atoms with E-state index in [4.69, 9.17) is 14.2 Å². The number of para-hydroxylation sites is 1. The number of rotatable bonds is 5. The zero-order chi connectivity index (χ0) is 24.3. The maximum absolute atomic E-state index is 14.1. The molecule has 1 saturated heterocycles. The predicted octanol–water partition coefficient (Wildman–Crippen LogP) is 5.32. The first-order valence-electron chi connectivity index (χ1n) is 10.2. The number of piperazine rings is 1. The summed E-state index contributed by atoms with van der Waals surface area (Å²) in [6.07, 6.45) is -1.23. The topological polar surface area (TPSA) is 94.4 Å². The van der Waals surface area contributed by atoms with Crippen molar-refractivity contribution in [3.05, 3.63) is 56.8 Å². The minimum atomic E-state index is -0.698. The highest BCUT2D eigenvalue weighted by molar-refractivity contribution is 9.10. The van der Waals surface area contributed by atoms with Crippen molar-refractivity contribution < 1.29 is 28.3 Å². The van der Waals surface area contributed by atoms with E-state index in [1.807, 2.05) is 0 Å². The van der Waals surface area contributed by atoms with E-state index in [2.05, 4.69) is 15.9 Å². The fourth-order valence-electron chi connectivity index (χ4n) is 3.39. The summed E-state index contributed by atoms with van der Waals surface area (Å²) in [5, 5.41) is 11.8. The number of hydrogen-bond acceptors (Lipinski definition) is 7. The molecule has 33 heavy (non-hydrogen) atoms. The Labute approximate surface area is 199 Å². The lowest BCUT2D eigenvalue weighted by Crippen LogP contribution is -2.57. The molecule has 0 bridgehead atoms. The lowest BCUT2D eigenvalue weighted by molar-refractivity contribution is -0.384. The van der Waals surface area contributed by atoms with Crippen molar-refractivity contribution in [1.29, 1.82) is 0 Å². The molecule has 0 saturated carbocycles. The van der Waals surface area contributed by atoms with Gasteiger partial charge in [0.05, 0.1) is 15.9 Å². The molecular formula is C22H25BrFN3O6. The van der Waals surface area contributed by atoms with Gasteiger partial charge in [-0.05, 0) is 54.9 Å². The smallest absolute Gasteiger partial charge is 0.412 e. The van der Waals surface area contributed by atoms with Gasteiger partial charge in [0, 0.05) is 26.3 Å². The maximum atomic E-state index is 14.1. The van der Waals surface area contributed by atoms with Crippen LogP contribution in [0.15, 0.2) is 40.9 Å². The standard InChI is InChI=1S/C22H25BrFN3O6/c1-22(2,3)33-21(28)26-12-11-25(13-18(26)31-4)20-15(27(29)30)9-10-17(19(20)23)32-16-8-6-5-7-14(16)24/h5-10,18H,11-13H2,1-4H3/t18-/m0/s1. The normalized spacial score (nSPS) is 16.5. The van der Waals surface area contributed by atoms with Crippen molar-refractivity contribution >= 4 is 33.4 Å². The number of nitro benzene ring substituents is 1. The van der Waals surface area contributed by atoms with Gasteiger partial charge in [-0.15, -0.1) is 0 Å². The molecule has 1 aliphatic rings. The van der Waals surface area contributed by atoms with Crippen LogP contribution in [0.5, 0.6) is 11.5 Å². The first-order chi connectivity index (χ1) is 15.5. The van der Waals surface area contributed by atoms with Gasteiger partial charge in [-0.1, -0.05) is 12.1 Å². The molecule has 3 rings (SSSR count). The van der Waals surface area contributed by atoms with Crippen LogP contribution in [0.4, 0.5) is 20.6 Å². The molecule has 1 heterocycles. The highest BCUT2D eigenvalue weighted by Gasteiger charge is 2.36. The largest absolute Gasteiger partial charge is 0.453 e. The van der Waals surface area contributed by atoms with Crippen LogP contribution < -0.4 is 9.64 Å². The van der Waals surface area contributed by atoms with Gasteiger partial charge in [-0.2, -0.15) is 0 Å². The highest BCUT2D eigenvalue weighted by Crippen LogP contribution is 2.44. The molecule has 1 aliphatic heterocycles. The van der Waals surface area contributed by atoms with Gasteiger partial charge in [0.15, 0.2) is 17.8 Å². The Morgan fingerprint density at radius 3 is 2.48 bits per heavy atom. The SMILES string of the molecule is CO[C@H]1CN(c2c([N+](=O)[O-])ccc(Oc3ccccc3F)c2Br)CCN1C(=O)OC(C)(C)C. The third-order valence-corrected chi connectivity index (χ3v) is 5.63. The van der Waals surface area contributed by atoms with Crippen molar-refractivity contribution in [2.75, 3.05) is 31.6 Å². The average Bonchev–Trinajstić information content (AvgIpc) is 2.74. The zero-order valence-electron chi connectivity index (χ0n) is 18.7. The third-order valence-electron chi connectivity index (χ3n) is 4.86. The van der Waals surface area contributed by atoms with Crippen LogP contribution in [-0.2, 0) is 9.47 Å². The molecule has 1 atom stereocenters. The second kappa shape index (κ2) is 9.92. The highest BCUT2D eigenvalue weighted by atomic mass is 79.9. The number of methoxy groups -OCH3 is 1. The van der Waals surface area contributed by atoms with Crippen LogP contribution in [0.25, 0.3) is 0 Å². The van der Waals surface area contributed by atoms with Gasteiger partial charge >= 0.3 is 6.09 Å². The Kier molecular flexibility index (Phi) is 7.43. The Balaban J connectivity index is 1.92. The number of amides is 1. The van der Waals surface area contributed by atoms with Crippen molar-refractivity contribution in [3.63, 3.8) is 0 Å². The van der Waals surface area contributed by atoms with E-state index < -0.39 is 28.7 Å². The van der Waals surface area contributed by atoms with E-state index in [9.17, 15) is 19.3 Å². The van der Waals surface area contributed by atoms with E-state index >= 15 is 0 Å². The third kappa shape index (κ3) is 5.72. The molecular weight excluding hydrogens is 501 g/mol. The number of carbonyl (C=O) groups is 1. The molecule has 0 aromatic heterocycles. The van der Waals surface area contributed by atoms with Crippen LogP contribution >= 0.6 is 15.9 Å². The fourth-order valence-corrected chi connectivity index (χ4v) is 4.06. The molecule has 0 unspecified atom stereocenters. The molecule has 0 spiro atoms. The summed E-state index contributed by atoms with van der Waals surface area (Å²) in [6.45, 7) is 5.95. The van der Waals surface area contributed by atoms with Gasteiger partial charge in [-0.3, -0.25) is 15.0 Å². The summed E-state index contributed by atoms with van der Waals surface area (Å²) in [7, 11) is 1.45. The van der Waals surface area contributed by atoms with Gasteiger partial charge < -0.3 is 19.1 Å². The van der Waals surface area contributed by atoms with E-state index in [0.29, 0.717) is 4.47 Å². The van der Waals surface area contributed by atoms with E-state index in [-0.39, 0.29) is 42.5 Å². The molecule has 0 aliphatic carbocycles. The summed E-state index contributed by atoms with van der Waals surface area (Å²) in [5.41, 5.74) is -0.588. The van der Waals surface area contributed by atoms with Gasteiger partial charge in [-0.25, -0.2) is 9.18 Å². The molecule has 2 aromatic carbocycles. The fraction of sp³-hybridized carbons (Fsp3) is 0.409. The second-order valence-corrected chi connectivity index (χ2v) is 9.14. The number of carbonyl (C=O) groups excluding carboxylic acids is 1. The number of anilines is 1. The molecule has 178 valence electrons. The number of nitro groups is 1. The Morgan fingerprint density at radius 1 is 1.18 bits per heavy atom. The molecule has 0 N–H and O–H groups in total. The van der Waals surface area contributed by atoms with Crippen molar-refractivity contribution in [2.24, 2.45) is 0 Å². The van der Waals surface area contributed by atoms with Crippen LogP contribution in [0.3, 0.4) is 0 Å². The second-order valence-electron chi connectivity index (χ2n) is 8.35. The first-order valence-corrected chi connectivity index (χ1v) is 11.0. The molecule has 11 heteroatoms. The summed E-state index contributed by atoms with van der Waals surface area (Å²) >= 11 is 3.40. The summed E-state index contributed by atoms with van der Waals surface area (Å²) < 4.78 is 31.0. The lowest BCUT2D eigenvalue weighted by Gasteiger charge is -2.41. The minimum absolute atomic E-state index is 0.0116. The monoisotopic (exact) mass is 525 g/mol. The number of benzene rings is 2. The number of nitrogens with zero attached hydrogens (tertiary/aromatic N) is 3. The first kappa shape index (κ1) is 24.7. The molecule has 2 aromatic rings. The summed E-state index contributed by atoms with van der Waals surface area (Å²) in [4.78, 5) is 27.0. The Bertz CT molecular complexity index is 1050. The number of halogens is 2. The molecule has 0 radical (unpaired) electrons. The quantitative estimate of drug-likeness (QED) is 0.385. The van der Waals surface area contributed by atoms with Crippen molar-refractivity contribution in [2.45, 2.75) is 32.6 Å². The van der Waals surface area contributed by atoms with Gasteiger partial charge in [0.25, 0.3) is 5.69 Å². The van der Waals surface area contributed by atoms with Crippen molar-refractivity contribution in [1.82, 2.24) is 4.90 Å². The van der Waals surface area contributed by atoms with E-state index in [1.165, 1.54) is 42.3 Å². The molecule has 1 amide bonds. The Hall–Kier alpha value is -2.92. The zero-order valence-corrected chi connectivity index (χ0v) is 20.3. The lowest BCUT2D eigenvalue weighted by atomic mass is 10.2. The Morgan fingerprint density at radius 2 is 1.88 bits per heavy atom. The van der Waals surface area contributed by atoms with Crippen LogP contribution in [0.1, 0.15) is 20.8 Å². The van der Waals surface area contributed by atoms with Crippen LogP contribution in [0.2, 0.25) is 0 Å². The number of ether oxygens (including phenoxy) is 3. The summed E-state index contributed by atoms with van der Waals surface area (Å²) in [6, 6.07) is 8.59. The van der Waals surface area contributed by atoms with Crippen molar-refractivity contribution in [3.8, 4) is 11.5 Å². The molecule has 9 nitrogen and oxygen atoms in total. The van der Waals surface area contributed by atoms with Crippen LogP contribution in [0, 0.1) is 15.9 Å². The van der Waals surface area contributed by atoms with E-state index in [1.54, 1.807) is 31.7 Å². The summed E-state index contributed by atoms with van der Waals surface area (Å²) in [5.74, 6) is -0.360. The van der Waals surface area contributed by atoms with Gasteiger partial charge in [0.1, 0.15) is 17.0 Å². The number of hydrogen-bond donors (Lipinski definition) is 0. The van der Waals surface area contributed by atoms with E-state index in [0.717, 1.165) is 0 Å². The predicted molar refractivity (Wildman–Crippen MR) is 123 cm³/mol.